The molecule has 0 bridgehead atoms. The van der Waals surface area contributed by atoms with Gasteiger partial charge in [0.25, 0.3) is 11.8 Å². The number of rotatable bonds is 15. The first-order chi connectivity index (χ1) is 36.1. The summed E-state index contributed by atoms with van der Waals surface area (Å²) in [6, 6.07) is 20.4. The lowest BCUT2D eigenvalue weighted by Crippen LogP contribution is -2.51. The third-order valence-electron chi connectivity index (χ3n) is 14.1. The van der Waals surface area contributed by atoms with Crippen LogP contribution in [0.1, 0.15) is 49.7 Å². The topological polar surface area (TPSA) is 134 Å². The smallest absolute Gasteiger partial charge is 0.474 e. The van der Waals surface area contributed by atoms with Crippen molar-refractivity contribution in [3.8, 4) is 23.0 Å². The Morgan fingerprint density at radius 3 is 1.42 bits per heavy atom. The molecule has 0 radical (unpaired) electrons. The fraction of sp³-hybridized carbons (Fsp3) is 0.407. The number of hydrogen-bond acceptors (Lipinski definition) is 12. The number of fused-ring (bicyclic) bond motifs is 2. The summed E-state index contributed by atoms with van der Waals surface area (Å²) in [6.45, 7) is 9.49. The summed E-state index contributed by atoms with van der Waals surface area (Å²) < 4.78 is 99.9. The molecule has 2 N–H and O–H groups in total. The lowest BCUT2D eigenvalue weighted by molar-refractivity contribution is -0.275. The Morgan fingerprint density at radius 1 is 0.605 bits per heavy atom. The number of aromatic nitrogens is 2. The van der Waals surface area contributed by atoms with Crippen LogP contribution >= 0.6 is 23.2 Å². The molecule has 3 aliphatic rings. The maximum absolute atomic E-state index is 14.9. The minimum atomic E-state index is -5.08. The van der Waals surface area contributed by atoms with E-state index in [2.05, 4.69) is 53.8 Å². The predicted octanol–water partition coefficient (Wildman–Crippen LogP) is 11.6. The second-order valence-corrected chi connectivity index (χ2v) is 20.4. The second kappa shape index (κ2) is 22.6. The zero-order chi connectivity index (χ0) is 54.1. The lowest BCUT2D eigenvalue weighted by Gasteiger charge is -2.37. The van der Waals surface area contributed by atoms with Gasteiger partial charge in [0.2, 0.25) is 12.2 Å². The van der Waals surface area contributed by atoms with Gasteiger partial charge in [-0.25, -0.2) is 9.97 Å². The van der Waals surface area contributed by atoms with Crippen LogP contribution in [0.2, 0.25) is 10.0 Å². The Morgan fingerprint density at radius 2 is 1.03 bits per heavy atom. The minimum absolute atomic E-state index is 0.231. The summed E-state index contributed by atoms with van der Waals surface area (Å²) in [4.78, 5) is 49.0. The summed E-state index contributed by atoms with van der Waals surface area (Å²) in [5, 5.41) is 6.05. The van der Waals surface area contributed by atoms with Crippen molar-refractivity contribution in [1.29, 1.82) is 0 Å². The van der Waals surface area contributed by atoms with Gasteiger partial charge in [0, 0.05) is 72.5 Å². The summed E-state index contributed by atoms with van der Waals surface area (Å²) in [5.74, 6) is -2.54. The van der Waals surface area contributed by atoms with Gasteiger partial charge in [-0.2, -0.15) is 0 Å². The third-order valence-corrected chi connectivity index (χ3v) is 14.7. The number of aryl methyl sites for hydroxylation is 2. The van der Waals surface area contributed by atoms with Gasteiger partial charge in [-0.05, 0) is 163 Å². The zero-order valence-corrected chi connectivity index (χ0v) is 43.5. The quantitative estimate of drug-likeness (QED) is 0.0948. The van der Waals surface area contributed by atoms with Gasteiger partial charge < -0.3 is 49.2 Å². The summed E-state index contributed by atoms with van der Waals surface area (Å²) in [7, 11) is 4.14. The molecule has 2 amide bonds. The molecule has 3 fully saturated rings. The SMILES string of the molecule is Cc1cc(N2CCC(N(C)C)CC2)nc2ccc(NC(=O)C(Oc3ccc(OC(F)(F)F)cc3Cl)C(Oc3ccc(OC(F)(F)F)cc3Cl)C(=O)Nc3ccc4nc(N5CCC(N6CCCC6)CC5)cc(C)c4c3)cc12. The monoisotopic (exact) mass is 1100 g/mol. The maximum Gasteiger partial charge on any atom is 0.573 e. The van der Waals surface area contributed by atoms with Crippen LogP contribution in [0.4, 0.5) is 49.4 Å². The Bertz CT molecular complexity index is 3090. The van der Waals surface area contributed by atoms with E-state index >= 15 is 0 Å². The minimum Gasteiger partial charge on any atom is -0.474 e. The van der Waals surface area contributed by atoms with E-state index in [0.717, 1.165) is 124 Å². The first-order valence-electron chi connectivity index (χ1n) is 24.9. The van der Waals surface area contributed by atoms with Crippen LogP contribution in [0.15, 0.2) is 84.9 Å². The highest BCUT2D eigenvalue weighted by atomic mass is 35.5. The lowest BCUT2D eigenvalue weighted by atomic mass is 10.0. The van der Waals surface area contributed by atoms with Gasteiger partial charge in [-0.3, -0.25) is 9.59 Å². The molecule has 2 atom stereocenters. The highest BCUT2D eigenvalue weighted by molar-refractivity contribution is 6.32. The maximum atomic E-state index is 14.9. The third kappa shape index (κ3) is 13.2. The molecule has 4 aromatic carbocycles. The number of carbonyl (C=O) groups excluding carboxylic acids is 2. The van der Waals surface area contributed by atoms with Crippen LogP contribution in [0.3, 0.4) is 0 Å². The summed E-state index contributed by atoms with van der Waals surface area (Å²) in [5.41, 5.74) is 3.49. The van der Waals surface area contributed by atoms with Gasteiger partial charge >= 0.3 is 12.7 Å². The van der Waals surface area contributed by atoms with Crippen molar-refractivity contribution in [2.24, 2.45) is 0 Å². The second-order valence-electron chi connectivity index (χ2n) is 19.5. The number of carbonyl (C=O) groups is 2. The number of benzene rings is 4. The fourth-order valence-corrected chi connectivity index (χ4v) is 10.6. The number of amides is 2. The molecule has 3 aliphatic heterocycles. The number of nitrogens with zero attached hydrogens (tertiary/aromatic N) is 6. The number of nitrogens with one attached hydrogen (secondary N) is 2. The molecular weight excluding hydrogens is 1040 g/mol. The molecule has 0 aliphatic carbocycles. The Hall–Kier alpha value is -6.48. The zero-order valence-electron chi connectivity index (χ0n) is 42.0. The number of ether oxygens (including phenoxy) is 4. The Labute approximate surface area is 445 Å². The molecule has 3 saturated heterocycles. The molecule has 22 heteroatoms. The van der Waals surface area contributed by atoms with E-state index in [1.165, 1.54) is 12.8 Å². The van der Waals surface area contributed by atoms with E-state index in [4.69, 9.17) is 42.6 Å². The van der Waals surface area contributed by atoms with Crippen molar-refractivity contribution in [2.75, 3.05) is 73.8 Å². The number of halogens is 8. The average Bonchev–Trinajstić information content (AvgIpc) is 3.92. The van der Waals surface area contributed by atoms with E-state index < -0.39 is 58.3 Å². The van der Waals surface area contributed by atoms with Crippen molar-refractivity contribution in [3.05, 3.63) is 106 Å². The van der Waals surface area contributed by atoms with Crippen molar-refractivity contribution in [2.45, 2.75) is 89.4 Å². The molecular formula is C54H56Cl2F6N8O6. The molecule has 14 nitrogen and oxygen atoms in total. The standard InChI is InChI=1S/C54H56Cl2F6N8O6/c1-31-25-47(69-21-15-35(16-22-69)67(3)4)65-43-11-7-33(27-39(31)43)63-51(71)49(73-45-13-9-37(29-41(45)55)75-53(57,58)59)50(74-46-14-10-38(30-42(46)56)76-54(60,61)62)52(72)64-34-8-12-44-40(28-34)32(2)26-48(66-44)70-23-17-36(18-24-70)68-19-5-6-20-68/h7-14,25-30,35-36,49-50H,5-6,15-24H2,1-4H3,(H,63,71)(H,64,72). The number of anilines is 4. The average molecular weight is 1100 g/mol. The molecule has 0 spiro atoms. The number of piperidine rings is 2. The van der Waals surface area contributed by atoms with Gasteiger partial charge in [-0.1, -0.05) is 23.2 Å². The number of pyridine rings is 2. The van der Waals surface area contributed by atoms with Crippen LogP contribution in [-0.4, -0.2) is 122 Å². The van der Waals surface area contributed by atoms with Gasteiger partial charge in [0.05, 0.1) is 21.1 Å². The molecule has 2 unspecified atom stereocenters. The molecule has 76 heavy (non-hydrogen) atoms. The normalized spacial score (nSPS) is 17.0. The molecule has 6 aromatic rings. The molecule has 9 rings (SSSR count). The van der Waals surface area contributed by atoms with E-state index in [1.807, 2.05) is 26.0 Å². The van der Waals surface area contributed by atoms with Crippen molar-refractivity contribution in [1.82, 2.24) is 19.8 Å². The fourth-order valence-electron chi connectivity index (χ4n) is 10.2. The molecule has 0 saturated carbocycles. The van der Waals surface area contributed by atoms with E-state index in [0.29, 0.717) is 33.9 Å². The van der Waals surface area contributed by atoms with Crippen LogP contribution in [0, 0.1) is 13.8 Å². The van der Waals surface area contributed by atoms with Gasteiger partial charge in [0.15, 0.2) is 0 Å². The molecule has 404 valence electrons. The van der Waals surface area contributed by atoms with E-state index in [9.17, 15) is 35.9 Å². The highest BCUT2D eigenvalue weighted by Crippen LogP contribution is 2.37. The number of alkyl halides is 6. The molecule has 2 aromatic heterocycles. The number of hydrogen-bond donors (Lipinski definition) is 2. The summed E-state index contributed by atoms with van der Waals surface area (Å²) in [6.07, 6.45) is -7.78. The summed E-state index contributed by atoms with van der Waals surface area (Å²) >= 11 is 13.0. The van der Waals surface area contributed by atoms with Crippen LogP contribution < -0.4 is 39.4 Å². The Kier molecular flexibility index (Phi) is 16.2. The Balaban J connectivity index is 1.04. The van der Waals surface area contributed by atoms with Crippen LogP contribution in [-0.2, 0) is 9.59 Å². The van der Waals surface area contributed by atoms with Gasteiger partial charge in [0.1, 0.15) is 34.6 Å². The van der Waals surface area contributed by atoms with E-state index in [1.54, 1.807) is 36.4 Å². The number of likely N-dealkylation sites (tertiary alicyclic amines) is 1. The molecule has 5 heterocycles. The van der Waals surface area contributed by atoms with Crippen LogP contribution in [0.5, 0.6) is 23.0 Å². The van der Waals surface area contributed by atoms with Crippen molar-refractivity contribution < 1.29 is 54.9 Å². The highest BCUT2D eigenvalue weighted by Gasteiger charge is 2.40. The first kappa shape index (κ1) is 54.3. The van der Waals surface area contributed by atoms with Crippen LogP contribution in [0.25, 0.3) is 21.8 Å². The van der Waals surface area contributed by atoms with Gasteiger partial charge in [-0.15, -0.1) is 26.3 Å². The van der Waals surface area contributed by atoms with Crippen molar-refractivity contribution >= 4 is 79.8 Å². The predicted molar refractivity (Wildman–Crippen MR) is 280 cm³/mol. The van der Waals surface area contributed by atoms with Crippen molar-refractivity contribution in [3.63, 3.8) is 0 Å². The largest absolute Gasteiger partial charge is 0.573 e. The van der Waals surface area contributed by atoms with E-state index in [-0.39, 0.29) is 22.9 Å². The first-order valence-corrected chi connectivity index (χ1v) is 25.7.